The lowest BCUT2D eigenvalue weighted by atomic mass is 10.1. The third-order valence-electron chi connectivity index (χ3n) is 3.57. The van der Waals surface area contributed by atoms with Crippen LogP contribution in [0.2, 0.25) is 0 Å². The highest BCUT2D eigenvalue weighted by Crippen LogP contribution is 2.24. The summed E-state index contributed by atoms with van der Waals surface area (Å²) in [5.74, 6) is 0.0888. The summed E-state index contributed by atoms with van der Waals surface area (Å²) < 4.78 is 2.27. The van der Waals surface area contributed by atoms with E-state index in [4.69, 9.17) is 11.6 Å². The number of Topliss-reactive ketones (excluding diaryl/α,β-unsaturated/α-hetero) is 1. The van der Waals surface area contributed by atoms with Crippen LogP contribution in [0.15, 0.2) is 6.07 Å². The zero-order valence-corrected chi connectivity index (χ0v) is 12.7. The lowest BCUT2D eigenvalue weighted by Gasteiger charge is -2.18. The van der Waals surface area contributed by atoms with Crippen molar-refractivity contribution in [3.05, 3.63) is 23.0 Å². The van der Waals surface area contributed by atoms with Crippen LogP contribution in [0.1, 0.15) is 67.3 Å². The van der Waals surface area contributed by atoms with E-state index >= 15 is 0 Å². The standard InChI is InChI=1S/C15H24ClNO/c1-5-6-7-8-11(2)17-12(3)9-14(13(17)4)15(18)10-16/h9,11H,5-8,10H2,1-4H3. The molecule has 0 aliphatic rings. The van der Waals surface area contributed by atoms with E-state index in [9.17, 15) is 4.79 Å². The smallest absolute Gasteiger partial charge is 0.179 e. The van der Waals surface area contributed by atoms with Crippen LogP contribution in [0.25, 0.3) is 0 Å². The number of nitrogens with zero attached hydrogens (tertiary/aromatic N) is 1. The largest absolute Gasteiger partial charge is 0.346 e. The SMILES string of the molecule is CCCCCC(C)n1c(C)cc(C(=O)CCl)c1C. The Kier molecular flexibility index (Phi) is 5.94. The molecule has 1 rings (SSSR count). The van der Waals surface area contributed by atoms with Crippen LogP contribution in [0.3, 0.4) is 0 Å². The third kappa shape index (κ3) is 3.38. The Morgan fingerprint density at radius 3 is 2.61 bits per heavy atom. The lowest BCUT2D eigenvalue weighted by molar-refractivity contribution is 0.102. The van der Waals surface area contributed by atoms with Crippen molar-refractivity contribution in [2.45, 2.75) is 59.4 Å². The van der Waals surface area contributed by atoms with E-state index in [0.717, 1.165) is 17.0 Å². The first-order valence-electron chi connectivity index (χ1n) is 6.80. The highest BCUT2D eigenvalue weighted by molar-refractivity contribution is 6.30. The summed E-state index contributed by atoms with van der Waals surface area (Å²) in [6.45, 7) is 8.52. The molecule has 0 aromatic carbocycles. The molecular weight excluding hydrogens is 246 g/mol. The van der Waals surface area contributed by atoms with Crippen molar-refractivity contribution in [2.75, 3.05) is 5.88 Å². The zero-order valence-electron chi connectivity index (χ0n) is 11.9. The van der Waals surface area contributed by atoms with Gasteiger partial charge in [-0.25, -0.2) is 0 Å². The van der Waals surface area contributed by atoms with Gasteiger partial charge in [0, 0.05) is 23.0 Å². The van der Waals surface area contributed by atoms with Crippen molar-refractivity contribution in [3.63, 3.8) is 0 Å². The highest BCUT2D eigenvalue weighted by Gasteiger charge is 2.17. The van der Waals surface area contributed by atoms with Crippen LogP contribution in [0.5, 0.6) is 0 Å². The lowest BCUT2D eigenvalue weighted by Crippen LogP contribution is -2.10. The van der Waals surface area contributed by atoms with Gasteiger partial charge in [-0.2, -0.15) is 0 Å². The first-order valence-corrected chi connectivity index (χ1v) is 7.33. The fourth-order valence-corrected chi connectivity index (χ4v) is 2.77. The number of ketones is 1. The number of hydrogen-bond donors (Lipinski definition) is 0. The number of alkyl halides is 1. The Bertz CT molecular complexity index is 409. The third-order valence-corrected chi connectivity index (χ3v) is 3.82. The molecule has 1 atom stereocenters. The molecule has 0 aliphatic carbocycles. The van der Waals surface area contributed by atoms with E-state index in [1.54, 1.807) is 0 Å². The van der Waals surface area contributed by atoms with E-state index in [1.807, 2.05) is 13.0 Å². The van der Waals surface area contributed by atoms with Gasteiger partial charge in [-0.3, -0.25) is 4.79 Å². The molecule has 0 N–H and O–H groups in total. The molecule has 1 aromatic heterocycles. The van der Waals surface area contributed by atoms with Gasteiger partial charge in [-0.15, -0.1) is 11.6 Å². The number of carbonyl (C=O) groups is 1. The maximum absolute atomic E-state index is 11.7. The first-order chi connectivity index (χ1) is 8.52. The summed E-state index contributed by atoms with van der Waals surface area (Å²) in [6.07, 6.45) is 4.93. The van der Waals surface area contributed by atoms with Gasteiger partial charge in [0.2, 0.25) is 0 Å². The van der Waals surface area contributed by atoms with E-state index in [1.165, 1.54) is 25.7 Å². The van der Waals surface area contributed by atoms with E-state index in [2.05, 4.69) is 25.3 Å². The van der Waals surface area contributed by atoms with Gasteiger partial charge >= 0.3 is 0 Å². The average Bonchev–Trinajstić information content (AvgIpc) is 2.64. The number of carbonyl (C=O) groups excluding carboxylic acids is 1. The summed E-state index contributed by atoms with van der Waals surface area (Å²) >= 11 is 5.64. The molecule has 0 saturated carbocycles. The van der Waals surface area contributed by atoms with Crippen molar-refractivity contribution in [2.24, 2.45) is 0 Å². The van der Waals surface area contributed by atoms with Crippen molar-refractivity contribution in [1.82, 2.24) is 4.57 Å². The summed E-state index contributed by atoms with van der Waals surface area (Å²) in [5, 5.41) is 0. The number of hydrogen-bond acceptors (Lipinski definition) is 1. The van der Waals surface area contributed by atoms with Gasteiger partial charge in [0.15, 0.2) is 5.78 Å². The van der Waals surface area contributed by atoms with Crippen LogP contribution in [0.4, 0.5) is 0 Å². The summed E-state index contributed by atoms with van der Waals surface area (Å²) in [4.78, 5) is 11.7. The summed E-state index contributed by atoms with van der Waals surface area (Å²) in [5.41, 5.74) is 3.00. The predicted molar refractivity (Wildman–Crippen MR) is 77.8 cm³/mol. The second kappa shape index (κ2) is 6.98. The van der Waals surface area contributed by atoms with Gasteiger partial charge in [0.05, 0.1) is 5.88 Å². The molecule has 2 nitrogen and oxygen atoms in total. The number of aromatic nitrogens is 1. The Hall–Kier alpha value is -0.760. The Morgan fingerprint density at radius 1 is 1.39 bits per heavy atom. The van der Waals surface area contributed by atoms with Crippen LogP contribution < -0.4 is 0 Å². The monoisotopic (exact) mass is 269 g/mol. The van der Waals surface area contributed by atoms with Crippen molar-refractivity contribution in [1.29, 1.82) is 0 Å². The van der Waals surface area contributed by atoms with Gasteiger partial charge in [0.25, 0.3) is 0 Å². The second-order valence-electron chi connectivity index (χ2n) is 5.06. The molecule has 0 amide bonds. The minimum Gasteiger partial charge on any atom is -0.346 e. The Balaban J connectivity index is 2.88. The molecule has 0 saturated heterocycles. The van der Waals surface area contributed by atoms with E-state index in [0.29, 0.717) is 6.04 Å². The van der Waals surface area contributed by atoms with Crippen molar-refractivity contribution in [3.8, 4) is 0 Å². The Labute approximate surface area is 115 Å². The summed E-state index contributed by atoms with van der Waals surface area (Å²) in [7, 11) is 0. The molecule has 0 spiro atoms. The molecule has 0 bridgehead atoms. The molecule has 1 heterocycles. The molecule has 1 aromatic rings. The number of unbranched alkanes of at least 4 members (excludes halogenated alkanes) is 2. The molecule has 18 heavy (non-hydrogen) atoms. The van der Waals surface area contributed by atoms with Crippen LogP contribution in [0, 0.1) is 13.8 Å². The van der Waals surface area contributed by atoms with Crippen LogP contribution in [-0.2, 0) is 0 Å². The normalized spacial score (nSPS) is 12.7. The molecule has 102 valence electrons. The second-order valence-corrected chi connectivity index (χ2v) is 5.32. The predicted octanol–water partition coefficient (Wildman–Crippen LogP) is 4.67. The zero-order chi connectivity index (χ0) is 13.7. The minimum atomic E-state index is 0.0248. The van der Waals surface area contributed by atoms with Crippen LogP contribution >= 0.6 is 11.6 Å². The summed E-state index contributed by atoms with van der Waals surface area (Å²) in [6, 6.07) is 2.42. The van der Waals surface area contributed by atoms with Gasteiger partial charge in [0.1, 0.15) is 0 Å². The molecule has 0 radical (unpaired) electrons. The number of halogens is 1. The first kappa shape index (κ1) is 15.3. The van der Waals surface area contributed by atoms with Gasteiger partial charge in [-0.1, -0.05) is 26.2 Å². The van der Waals surface area contributed by atoms with Crippen molar-refractivity contribution < 1.29 is 4.79 Å². The fraction of sp³-hybridized carbons (Fsp3) is 0.667. The number of aryl methyl sites for hydroxylation is 1. The molecule has 0 fully saturated rings. The van der Waals surface area contributed by atoms with E-state index < -0.39 is 0 Å². The van der Waals surface area contributed by atoms with E-state index in [-0.39, 0.29) is 11.7 Å². The quantitative estimate of drug-likeness (QED) is 0.401. The van der Waals surface area contributed by atoms with Crippen LogP contribution in [-0.4, -0.2) is 16.2 Å². The number of rotatable bonds is 7. The maximum atomic E-state index is 11.7. The Morgan fingerprint density at radius 2 is 2.06 bits per heavy atom. The highest BCUT2D eigenvalue weighted by atomic mass is 35.5. The molecule has 1 unspecified atom stereocenters. The topological polar surface area (TPSA) is 22.0 Å². The van der Waals surface area contributed by atoms with Crippen molar-refractivity contribution >= 4 is 17.4 Å². The molecule has 0 aliphatic heterocycles. The molecule has 3 heteroatoms. The van der Waals surface area contributed by atoms with Gasteiger partial charge < -0.3 is 4.57 Å². The maximum Gasteiger partial charge on any atom is 0.179 e. The van der Waals surface area contributed by atoms with Gasteiger partial charge in [-0.05, 0) is 33.3 Å². The fourth-order valence-electron chi connectivity index (χ4n) is 2.63. The molecular formula is C15H24ClNO. The minimum absolute atomic E-state index is 0.0248. The average molecular weight is 270 g/mol.